The molecule has 2 atom stereocenters. The van der Waals surface area contributed by atoms with Crippen molar-refractivity contribution in [3.05, 3.63) is 53.6 Å². The molecule has 4 heteroatoms. The maximum absolute atomic E-state index is 12.9. The van der Waals surface area contributed by atoms with Gasteiger partial charge >= 0.3 is 0 Å². The smallest absolute Gasteiger partial charge is 0.123 e. The summed E-state index contributed by atoms with van der Waals surface area (Å²) in [6.45, 7) is 7.05. The highest BCUT2D eigenvalue weighted by atomic mass is 19.1. The zero-order valence-electron chi connectivity index (χ0n) is 11.6. The number of aromatic nitrogens is 2. The number of benzene rings is 1. The zero-order chi connectivity index (χ0) is 13.8. The van der Waals surface area contributed by atoms with Gasteiger partial charge in [-0.15, -0.1) is 0 Å². The van der Waals surface area contributed by atoms with Gasteiger partial charge in [0.2, 0.25) is 0 Å². The summed E-state index contributed by atoms with van der Waals surface area (Å²) in [7, 11) is 0. The minimum absolute atomic E-state index is 0.187. The molecule has 0 aliphatic carbocycles. The van der Waals surface area contributed by atoms with Crippen LogP contribution in [-0.4, -0.2) is 15.8 Å². The monoisotopic (exact) mass is 261 g/mol. The molecule has 0 radical (unpaired) electrons. The molecule has 0 unspecified atom stereocenters. The lowest BCUT2D eigenvalue weighted by Gasteiger charge is -2.20. The van der Waals surface area contributed by atoms with E-state index in [1.165, 1.54) is 17.7 Å². The minimum atomic E-state index is -0.198. The first-order valence-corrected chi connectivity index (χ1v) is 6.55. The number of hydrogen-bond donors (Lipinski definition) is 1. The molecule has 2 rings (SSSR count). The standard InChI is InChI=1S/C15H20FN3/c1-11-8-17-19(9-11)10-12(2)18-13(3)14-4-6-15(16)7-5-14/h4-9,12-13,18H,10H2,1-3H3/t12-,13+/m1/s1. The Kier molecular flexibility index (Phi) is 4.32. The second-order valence-electron chi connectivity index (χ2n) is 5.08. The van der Waals surface area contributed by atoms with E-state index in [9.17, 15) is 4.39 Å². The minimum Gasteiger partial charge on any atom is -0.306 e. The number of halogens is 1. The molecule has 1 aromatic carbocycles. The summed E-state index contributed by atoms with van der Waals surface area (Å²) >= 11 is 0. The molecule has 2 aromatic rings. The summed E-state index contributed by atoms with van der Waals surface area (Å²) in [5.41, 5.74) is 2.25. The van der Waals surface area contributed by atoms with Crippen molar-refractivity contribution in [3.63, 3.8) is 0 Å². The van der Waals surface area contributed by atoms with E-state index in [2.05, 4.69) is 24.3 Å². The Morgan fingerprint density at radius 1 is 1.26 bits per heavy atom. The second-order valence-corrected chi connectivity index (χ2v) is 5.08. The Hall–Kier alpha value is -1.68. The fourth-order valence-corrected chi connectivity index (χ4v) is 2.17. The van der Waals surface area contributed by atoms with E-state index in [-0.39, 0.29) is 11.9 Å². The fourth-order valence-electron chi connectivity index (χ4n) is 2.17. The summed E-state index contributed by atoms with van der Waals surface area (Å²) < 4.78 is 14.8. The number of nitrogens with zero attached hydrogens (tertiary/aromatic N) is 2. The van der Waals surface area contributed by atoms with E-state index in [1.54, 1.807) is 0 Å². The molecular formula is C15H20FN3. The van der Waals surface area contributed by atoms with Gasteiger partial charge in [0.15, 0.2) is 0 Å². The van der Waals surface area contributed by atoms with Gasteiger partial charge in [-0.2, -0.15) is 5.10 Å². The average Bonchev–Trinajstić information content (AvgIpc) is 2.75. The first-order chi connectivity index (χ1) is 9.04. The van der Waals surface area contributed by atoms with Crippen LogP contribution in [0.4, 0.5) is 4.39 Å². The molecule has 0 bridgehead atoms. The molecule has 0 fully saturated rings. The Balaban J connectivity index is 1.91. The molecule has 0 amide bonds. The summed E-state index contributed by atoms with van der Waals surface area (Å²) in [5.74, 6) is -0.198. The molecule has 3 nitrogen and oxygen atoms in total. The van der Waals surface area contributed by atoms with Crippen LogP contribution < -0.4 is 5.32 Å². The SMILES string of the molecule is Cc1cnn(C[C@@H](C)N[C@@H](C)c2ccc(F)cc2)c1. The van der Waals surface area contributed by atoms with Crippen molar-refractivity contribution in [1.29, 1.82) is 0 Å². The molecular weight excluding hydrogens is 241 g/mol. The summed E-state index contributed by atoms with van der Waals surface area (Å²) in [6.07, 6.45) is 3.89. The molecule has 1 heterocycles. The van der Waals surface area contributed by atoms with E-state index in [0.717, 1.165) is 12.1 Å². The van der Waals surface area contributed by atoms with E-state index >= 15 is 0 Å². The Morgan fingerprint density at radius 2 is 1.95 bits per heavy atom. The summed E-state index contributed by atoms with van der Waals surface area (Å²) in [5, 5.41) is 7.76. The van der Waals surface area contributed by atoms with E-state index in [0.29, 0.717) is 6.04 Å². The van der Waals surface area contributed by atoms with Crippen molar-refractivity contribution in [2.45, 2.75) is 39.4 Å². The average molecular weight is 261 g/mol. The highest BCUT2D eigenvalue weighted by molar-refractivity contribution is 5.19. The summed E-state index contributed by atoms with van der Waals surface area (Å²) in [6, 6.07) is 7.10. The van der Waals surface area contributed by atoms with Crippen LogP contribution >= 0.6 is 0 Å². The van der Waals surface area contributed by atoms with Gasteiger partial charge in [-0.3, -0.25) is 4.68 Å². The first-order valence-electron chi connectivity index (χ1n) is 6.55. The molecule has 0 aliphatic heterocycles. The number of rotatable bonds is 5. The normalized spacial score (nSPS) is 14.3. The zero-order valence-corrected chi connectivity index (χ0v) is 11.6. The molecule has 102 valence electrons. The van der Waals surface area contributed by atoms with Crippen LogP contribution in [0, 0.1) is 12.7 Å². The van der Waals surface area contributed by atoms with Gasteiger partial charge in [-0.25, -0.2) is 4.39 Å². The van der Waals surface area contributed by atoms with Crippen molar-refractivity contribution in [1.82, 2.24) is 15.1 Å². The van der Waals surface area contributed by atoms with Crippen LogP contribution in [0.5, 0.6) is 0 Å². The third kappa shape index (κ3) is 3.89. The Bertz CT molecular complexity index is 518. The van der Waals surface area contributed by atoms with Crippen LogP contribution in [0.25, 0.3) is 0 Å². The maximum atomic E-state index is 12.9. The highest BCUT2D eigenvalue weighted by Gasteiger charge is 2.10. The van der Waals surface area contributed by atoms with Crippen LogP contribution in [0.2, 0.25) is 0 Å². The lowest BCUT2D eigenvalue weighted by Crippen LogP contribution is -2.32. The predicted molar refractivity (Wildman–Crippen MR) is 74.4 cm³/mol. The lowest BCUT2D eigenvalue weighted by molar-refractivity contribution is 0.412. The van der Waals surface area contributed by atoms with E-state index in [4.69, 9.17) is 0 Å². The third-order valence-electron chi connectivity index (χ3n) is 3.13. The topological polar surface area (TPSA) is 29.9 Å². The number of hydrogen-bond acceptors (Lipinski definition) is 2. The van der Waals surface area contributed by atoms with Gasteiger partial charge < -0.3 is 5.32 Å². The quantitative estimate of drug-likeness (QED) is 0.896. The van der Waals surface area contributed by atoms with Gasteiger partial charge in [-0.1, -0.05) is 12.1 Å². The van der Waals surface area contributed by atoms with E-state index in [1.807, 2.05) is 36.1 Å². The largest absolute Gasteiger partial charge is 0.306 e. The Labute approximate surface area is 113 Å². The lowest BCUT2D eigenvalue weighted by atomic mass is 10.1. The molecule has 1 N–H and O–H groups in total. The number of nitrogens with one attached hydrogen (secondary N) is 1. The summed E-state index contributed by atoms with van der Waals surface area (Å²) in [4.78, 5) is 0. The van der Waals surface area contributed by atoms with Gasteiger partial charge in [0, 0.05) is 18.3 Å². The van der Waals surface area contributed by atoms with Crippen molar-refractivity contribution in [2.24, 2.45) is 0 Å². The third-order valence-corrected chi connectivity index (χ3v) is 3.13. The van der Waals surface area contributed by atoms with Crippen LogP contribution in [0.3, 0.4) is 0 Å². The molecule has 0 aliphatic rings. The van der Waals surface area contributed by atoms with Gasteiger partial charge in [0.05, 0.1) is 12.7 Å². The van der Waals surface area contributed by atoms with E-state index < -0.39 is 0 Å². The second kappa shape index (κ2) is 5.97. The molecule has 0 saturated carbocycles. The molecule has 0 saturated heterocycles. The first kappa shape index (κ1) is 13.7. The van der Waals surface area contributed by atoms with Crippen LogP contribution in [-0.2, 0) is 6.54 Å². The van der Waals surface area contributed by atoms with Gasteiger partial charge in [0.25, 0.3) is 0 Å². The fraction of sp³-hybridized carbons (Fsp3) is 0.400. The maximum Gasteiger partial charge on any atom is 0.123 e. The van der Waals surface area contributed by atoms with Gasteiger partial charge in [-0.05, 0) is 44.0 Å². The molecule has 19 heavy (non-hydrogen) atoms. The highest BCUT2D eigenvalue weighted by Crippen LogP contribution is 2.13. The van der Waals surface area contributed by atoms with Crippen molar-refractivity contribution >= 4 is 0 Å². The Morgan fingerprint density at radius 3 is 2.53 bits per heavy atom. The van der Waals surface area contributed by atoms with Crippen molar-refractivity contribution in [2.75, 3.05) is 0 Å². The van der Waals surface area contributed by atoms with Crippen molar-refractivity contribution in [3.8, 4) is 0 Å². The predicted octanol–water partition coefficient (Wildman–Crippen LogP) is 3.07. The molecule has 0 spiro atoms. The van der Waals surface area contributed by atoms with Crippen molar-refractivity contribution < 1.29 is 4.39 Å². The van der Waals surface area contributed by atoms with Crippen LogP contribution in [0.15, 0.2) is 36.7 Å². The molecule has 1 aromatic heterocycles. The van der Waals surface area contributed by atoms with Crippen LogP contribution in [0.1, 0.15) is 31.0 Å². The van der Waals surface area contributed by atoms with Gasteiger partial charge in [0.1, 0.15) is 5.82 Å². The number of aryl methyl sites for hydroxylation is 1.